The van der Waals surface area contributed by atoms with E-state index in [1.165, 1.54) is 27.8 Å². The van der Waals surface area contributed by atoms with Crippen molar-refractivity contribution in [3.8, 4) is 0 Å². The summed E-state index contributed by atoms with van der Waals surface area (Å²) in [6.45, 7) is 4.80. The van der Waals surface area contributed by atoms with Crippen molar-refractivity contribution in [1.82, 2.24) is 14.2 Å². The highest BCUT2D eigenvalue weighted by Crippen LogP contribution is 2.32. The third-order valence-corrected chi connectivity index (χ3v) is 8.52. The lowest BCUT2D eigenvalue weighted by molar-refractivity contribution is 0.0702. The van der Waals surface area contributed by atoms with Gasteiger partial charge in [0.05, 0.1) is 20.7 Å². The van der Waals surface area contributed by atoms with Gasteiger partial charge >= 0.3 is 0 Å². The Labute approximate surface area is 172 Å². The average Bonchev–Trinajstić information content (AvgIpc) is 3.02. The Morgan fingerprint density at radius 3 is 2.30 bits per heavy atom. The van der Waals surface area contributed by atoms with E-state index in [9.17, 15) is 13.2 Å². The van der Waals surface area contributed by atoms with Gasteiger partial charge < -0.3 is 4.90 Å². The number of amides is 1. The van der Waals surface area contributed by atoms with Gasteiger partial charge in [-0.15, -0.1) is 11.3 Å². The van der Waals surface area contributed by atoms with Gasteiger partial charge in [0.1, 0.15) is 9.77 Å². The summed E-state index contributed by atoms with van der Waals surface area (Å²) in [5, 5.41) is 1.10. The fraction of sp³-hybridized carbons (Fsp3) is 0.412. The minimum absolute atomic E-state index is 0.0843. The standard InChI is InChI=1S/C17H19Cl2N3O3S2/c1-3-14-20-11(2)15(26-14)17(23)21-7-9-22(10-8-21)27(24,25)16-12(18)5-4-6-13(16)19/h4-6H,3,7-10H2,1-2H3. The molecule has 0 aliphatic carbocycles. The number of benzene rings is 1. The molecule has 146 valence electrons. The van der Waals surface area contributed by atoms with Gasteiger partial charge in [0.15, 0.2) is 0 Å². The first-order valence-corrected chi connectivity index (χ1v) is 11.5. The maximum absolute atomic E-state index is 12.9. The molecule has 1 saturated heterocycles. The molecule has 3 rings (SSSR count). The fourth-order valence-electron chi connectivity index (χ4n) is 2.94. The van der Waals surface area contributed by atoms with Crippen molar-refractivity contribution in [3.63, 3.8) is 0 Å². The van der Waals surface area contributed by atoms with Crippen molar-refractivity contribution in [2.24, 2.45) is 0 Å². The van der Waals surface area contributed by atoms with E-state index in [0.29, 0.717) is 18.0 Å². The summed E-state index contributed by atoms with van der Waals surface area (Å²) in [4.78, 5) is 19.4. The van der Waals surface area contributed by atoms with Crippen LogP contribution in [0.25, 0.3) is 0 Å². The van der Waals surface area contributed by atoms with Crippen LogP contribution in [0.15, 0.2) is 23.1 Å². The molecule has 1 aromatic heterocycles. The van der Waals surface area contributed by atoms with E-state index in [2.05, 4.69) is 4.98 Å². The van der Waals surface area contributed by atoms with E-state index in [1.807, 2.05) is 13.8 Å². The van der Waals surface area contributed by atoms with Crippen molar-refractivity contribution in [3.05, 3.63) is 43.8 Å². The summed E-state index contributed by atoms with van der Waals surface area (Å²) >= 11 is 13.5. The fourth-order valence-corrected chi connectivity index (χ4v) is 6.42. The van der Waals surface area contributed by atoms with Gasteiger partial charge in [-0.2, -0.15) is 4.31 Å². The van der Waals surface area contributed by atoms with Crippen molar-refractivity contribution in [1.29, 1.82) is 0 Å². The summed E-state index contributed by atoms with van der Waals surface area (Å²) in [7, 11) is -3.82. The van der Waals surface area contributed by atoms with Gasteiger partial charge in [-0.05, 0) is 25.5 Å². The SMILES string of the molecule is CCc1nc(C)c(C(=O)N2CCN(S(=O)(=O)c3c(Cl)cccc3Cl)CC2)s1. The third kappa shape index (κ3) is 4.00. The molecule has 1 amide bonds. The van der Waals surface area contributed by atoms with E-state index in [0.717, 1.165) is 17.1 Å². The topological polar surface area (TPSA) is 70.6 Å². The van der Waals surface area contributed by atoms with E-state index in [-0.39, 0.29) is 33.9 Å². The summed E-state index contributed by atoms with van der Waals surface area (Å²) in [5.74, 6) is -0.0995. The minimum atomic E-state index is -3.82. The van der Waals surface area contributed by atoms with Crippen molar-refractivity contribution < 1.29 is 13.2 Å². The lowest BCUT2D eigenvalue weighted by atomic mass is 10.3. The number of sulfonamides is 1. The number of carbonyl (C=O) groups excluding carboxylic acids is 1. The first-order valence-electron chi connectivity index (χ1n) is 8.45. The molecule has 1 aliphatic heterocycles. The van der Waals surface area contributed by atoms with Crippen LogP contribution < -0.4 is 0 Å². The Bertz CT molecular complexity index is 948. The molecule has 2 aromatic rings. The molecule has 0 bridgehead atoms. The second-order valence-corrected chi connectivity index (χ2v) is 9.90. The van der Waals surface area contributed by atoms with Gasteiger partial charge in [0, 0.05) is 26.2 Å². The van der Waals surface area contributed by atoms with Crippen LogP contribution >= 0.6 is 34.5 Å². The molecule has 0 atom stereocenters. The van der Waals surface area contributed by atoms with Crippen LogP contribution in [0.4, 0.5) is 0 Å². The van der Waals surface area contributed by atoms with Crippen molar-refractivity contribution in [2.75, 3.05) is 26.2 Å². The highest BCUT2D eigenvalue weighted by molar-refractivity contribution is 7.89. The second-order valence-electron chi connectivity index (χ2n) is 6.12. The number of carbonyl (C=O) groups is 1. The molecular weight excluding hydrogens is 429 g/mol. The number of rotatable bonds is 4. The smallest absolute Gasteiger partial charge is 0.265 e. The van der Waals surface area contributed by atoms with Crippen LogP contribution in [0.2, 0.25) is 10.0 Å². The number of aryl methyl sites for hydroxylation is 2. The van der Waals surface area contributed by atoms with Crippen LogP contribution in [0.5, 0.6) is 0 Å². The van der Waals surface area contributed by atoms with E-state index < -0.39 is 10.0 Å². The molecule has 0 spiro atoms. The Hall–Kier alpha value is -1.19. The largest absolute Gasteiger partial charge is 0.335 e. The average molecular weight is 448 g/mol. The van der Waals surface area contributed by atoms with Crippen LogP contribution in [-0.4, -0.2) is 54.7 Å². The summed E-state index contributed by atoms with van der Waals surface area (Å²) in [5.41, 5.74) is 0.722. The highest BCUT2D eigenvalue weighted by Gasteiger charge is 2.33. The lowest BCUT2D eigenvalue weighted by Gasteiger charge is -2.34. The third-order valence-electron chi connectivity index (χ3n) is 4.38. The zero-order chi connectivity index (χ0) is 19.8. The number of aromatic nitrogens is 1. The maximum Gasteiger partial charge on any atom is 0.265 e. The Morgan fingerprint density at radius 2 is 1.78 bits per heavy atom. The minimum Gasteiger partial charge on any atom is -0.335 e. The number of hydrogen-bond donors (Lipinski definition) is 0. The maximum atomic E-state index is 12.9. The zero-order valence-corrected chi connectivity index (χ0v) is 18.1. The van der Waals surface area contributed by atoms with Gasteiger partial charge in [-0.1, -0.05) is 36.2 Å². The predicted molar refractivity (Wildman–Crippen MR) is 107 cm³/mol. The lowest BCUT2D eigenvalue weighted by Crippen LogP contribution is -2.50. The molecule has 10 heteroatoms. The Kier molecular flexibility index (Phi) is 6.12. The predicted octanol–water partition coefficient (Wildman–Crippen LogP) is 3.47. The van der Waals surface area contributed by atoms with Crippen LogP contribution in [0, 0.1) is 6.92 Å². The molecule has 6 nitrogen and oxygen atoms in total. The normalized spacial score (nSPS) is 15.9. The van der Waals surface area contributed by atoms with E-state index >= 15 is 0 Å². The zero-order valence-electron chi connectivity index (χ0n) is 14.9. The molecular formula is C17H19Cl2N3O3S2. The van der Waals surface area contributed by atoms with E-state index in [4.69, 9.17) is 23.2 Å². The van der Waals surface area contributed by atoms with Gasteiger partial charge in [-0.25, -0.2) is 13.4 Å². The molecule has 0 radical (unpaired) electrons. The monoisotopic (exact) mass is 447 g/mol. The molecule has 1 aliphatic rings. The summed E-state index contributed by atoms with van der Waals surface area (Å²) in [6.07, 6.45) is 0.781. The molecule has 0 saturated carbocycles. The number of hydrogen-bond acceptors (Lipinski definition) is 5. The van der Waals surface area contributed by atoms with Crippen molar-refractivity contribution in [2.45, 2.75) is 25.2 Å². The summed E-state index contributed by atoms with van der Waals surface area (Å²) < 4.78 is 27.2. The number of halogens is 2. The van der Waals surface area contributed by atoms with Gasteiger partial charge in [0.2, 0.25) is 10.0 Å². The molecule has 2 heterocycles. The number of thiazole rings is 1. The van der Waals surface area contributed by atoms with Gasteiger partial charge in [-0.3, -0.25) is 4.79 Å². The first kappa shape index (κ1) is 20.5. The second kappa shape index (κ2) is 8.05. The first-order chi connectivity index (χ1) is 12.8. The molecule has 1 fully saturated rings. The quantitative estimate of drug-likeness (QED) is 0.718. The number of piperazine rings is 1. The summed E-state index contributed by atoms with van der Waals surface area (Å²) in [6, 6.07) is 4.60. The highest BCUT2D eigenvalue weighted by atomic mass is 35.5. The van der Waals surface area contributed by atoms with Crippen molar-refractivity contribution >= 4 is 50.5 Å². The molecule has 1 aromatic carbocycles. The molecule has 0 unspecified atom stereocenters. The number of nitrogens with zero attached hydrogens (tertiary/aromatic N) is 3. The molecule has 0 N–H and O–H groups in total. The van der Waals surface area contributed by atoms with Crippen LogP contribution in [-0.2, 0) is 16.4 Å². The Morgan fingerprint density at radius 1 is 1.19 bits per heavy atom. The van der Waals surface area contributed by atoms with Crippen LogP contribution in [0.1, 0.15) is 27.3 Å². The van der Waals surface area contributed by atoms with Gasteiger partial charge in [0.25, 0.3) is 5.91 Å². The van der Waals surface area contributed by atoms with E-state index in [1.54, 1.807) is 11.0 Å². The Balaban J connectivity index is 1.75. The van der Waals surface area contributed by atoms with Crippen LogP contribution in [0.3, 0.4) is 0 Å². The molecule has 27 heavy (non-hydrogen) atoms.